The molecule has 0 amide bonds. The Hall–Kier alpha value is -4.63. The third-order valence-electron chi connectivity index (χ3n) is 16.3. The normalized spacial score (nSPS) is 17.9. The van der Waals surface area contributed by atoms with E-state index in [4.69, 9.17) is 34.0 Å². The van der Waals surface area contributed by atoms with Gasteiger partial charge in [0.15, 0.2) is 41.0 Å². The highest BCUT2D eigenvalue weighted by molar-refractivity contribution is 9.11. The van der Waals surface area contributed by atoms with Crippen molar-refractivity contribution in [1.29, 1.82) is 0 Å². The van der Waals surface area contributed by atoms with Crippen molar-refractivity contribution in [2.24, 2.45) is 0 Å². The Balaban J connectivity index is 0.000000159. The second-order valence-corrected chi connectivity index (χ2v) is 34.7. The lowest BCUT2D eigenvalue weighted by Crippen LogP contribution is -2.41. The van der Waals surface area contributed by atoms with Gasteiger partial charge in [0.2, 0.25) is 0 Å². The lowest BCUT2D eigenvalue weighted by Gasteiger charge is -2.32. The Morgan fingerprint density at radius 3 is 1.38 bits per heavy atom. The van der Waals surface area contributed by atoms with E-state index in [1.165, 1.54) is 30.0 Å². The fourth-order valence-electron chi connectivity index (χ4n) is 10.1. The SMILES string of the molecule is Brc1ccc(SC2CCOCC2)cc1.CC1(C)OB(c2ccc(S(=O)(=O)C3CCOCC3)cc2)OC1(C)C.Nc1ncc(-c2ccc(S(=O)(=O)C3CCOCC3)cc2)nc1C#Cc1cccc(O)c1.O=S(=O)(c1ccc(Br)cc1)C1CCOCC1.Sc1ccc(Br)cc1. The number of nitrogens with zero attached hydrogens (tertiary/aromatic N) is 2. The highest BCUT2D eigenvalue weighted by atomic mass is 79.9. The van der Waals surface area contributed by atoms with Crippen LogP contribution in [0.4, 0.5) is 5.82 Å². The molecule has 3 N–H and O–H groups in total. The molecule has 5 saturated heterocycles. The van der Waals surface area contributed by atoms with Gasteiger partial charge in [-0.15, -0.1) is 24.4 Å². The predicted molar refractivity (Wildman–Crippen MR) is 381 cm³/mol. The minimum Gasteiger partial charge on any atom is -0.508 e. The van der Waals surface area contributed by atoms with E-state index >= 15 is 0 Å². The van der Waals surface area contributed by atoms with Gasteiger partial charge >= 0.3 is 7.12 Å². The number of thioether (sulfide) groups is 1. The average Bonchev–Trinajstić information content (AvgIpc) is 1.66. The molecule has 0 atom stereocenters. The first kappa shape index (κ1) is 74.2. The number of phenols is 1. The Kier molecular flexibility index (Phi) is 27.5. The van der Waals surface area contributed by atoms with E-state index in [2.05, 4.69) is 106 Å². The number of aromatic hydroxyl groups is 1. The summed E-state index contributed by atoms with van der Waals surface area (Å²) in [5.41, 5.74) is 8.08. The lowest BCUT2D eigenvalue weighted by atomic mass is 9.79. The molecule has 6 aromatic carbocycles. The summed E-state index contributed by atoms with van der Waals surface area (Å²) < 4.78 is 112. The molecule has 0 spiro atoms. The summed E-state index contributed by atoms with van der Waals surface area (Å²) in [4.78, 5) is 12.0. The van der Waals surface area contributed by atoms with Gasteiger partial charge in [0.05, 0.1) is 53.5 Å². The van der Waals surface area contributed by atoms with E-state index in [9.17, 15) is 30.4 Å². The number of nitrogen functional groups attached to an aromatic ring is 1. The van der Waals surface area contributed by atoms with Crippen LogP contribution in [0.3, 0.4) is 0 Å². The molecule has 25 heteroatoms. The molecule has 0 aliphatic carbocycles. The summed E-state index contributed by atoms with van der Waals surface area (Å²) >= 11 is 16.1. The lowest BCUT2D eigenvalue weighted by molar-refractivity contribution is 0.00578. The van der Waals surface area contributed by atoms with Crippen LogP contribution >= 0.6 is 72.2 Å². The zero-order valence-corrected chi connectivity index (χ0v) is 61.1. The quantitative estimate of drug-likeness (QED) is 0.0657. The average molecular weight is 1560 g/mol. The number of benzene rings is 6. The zero-order valence-electron chi connectivity index (χ0n) is 52.2. The molecule has 16 nitrogen and oxygen atoms in total. The predicted octanol–water partition coefficient (Wildman–Crippen LogP) is 13.6. The van der Waals surface area contributed by atoms with Crippen molar-refractivity contribution >= 4 is 120 Å². The third-order valence-corrected chi connectivity index (χ3v) is 26.3. The number of rotatable bonds is 10. The molecule has 5 aliphatic rings. The summed E-state index contributed by atoms with van der Waals surface area (Å²) in [6.45, 7) is 12.9. The number of nitrogens with two attached hydrogens (primary N) is 1. The van der Waals surface area contributed by atoms with Gasteiger partial charge < -0.3 is 39.1 Å². The molecular weight excluding hydrogens is 1480 g/mol. The van der Waals surface area contributed by atoms with Gasteiger partial charge in [0.25, 0.3) is 0 Å². The monoisotopic (exact) mass is 1550 g/mol. The molecule has 1 aromatic heterocycles. The van der Waals surface area contributed by atoms with Gasteiger partial charge in [-0.1, -0.05) is 84.0 Å². The minimum absolute atomic E-state index is 0.121. The maximum Gasteiger partial charge on any atom is 0.494 e. The topological polar surface area (TPSA) is 230 Å². The largest absolute Gasteiger partial charge is 0.508 e. The molecule has 12 rings (SSSR count). The molecule has 93 heavy (non-hydrogen) atoms. The maximum absolute atomic E-state index is 12.8. The van der Waals surface area contributed by atoms with Crippen molar-refractivity contribution in [3.8, 4) is 28.8 Å². The summed E-state index contributed by atoms with van der Waals surface area (Å²) in [7, 11) is -10.4. The van der Waals surface area contributed by atoms with Crippen molar-refractivity contribution < 1.29 is 58.6 Å². The Labute approximate surface area is 583 Å². The minimum atomic E-state index is -3.40. The summed E-state index contributed by atoms with van der Waals surface area (Å²) in [6, 6.07) is 43.2. The van der Waals surface area contributed by atoms with E-state index in [0.29, 0.717) is 110 Å². The Morgan fingerprint density at radius 2 is 0.946 bits per heavy atom. The van der Waals surface area contributed by atoms with Crippen LogP contribution in [-0.4, -0.2) is 133 Å². The van der Waals surface area contributed by atoms with E-state index in [1.807, 2.05) is 63.7 Å². The van der Waals surface area contributed by atoms with Gasteiger partial charge in [-0.05, 0) is 206 Å². The van der Waals surface area contributed by atoms with Crippen LogP contribution in [0.25, 0.3) is 11.3 Å². The smallest absolute Gasteiger partial charge is 0.494 e. The van der Waals surface area contributed by atoms with Crippen LogP contribution in [0.15, 0.2) is 190 Å². The number of anilines is 1. The summed E-state index contributed by atoms with van der Waals surface area (Å²) in [5, 5.41) is 9.24. The number of halogens is 3. The molecule has 0 unspecified atom stereocenters. The number of thiol groups is 1. The van der Waals surface area contributed by atoms with Crippen molar-refractivity contribution in [2.45, 2.75) is 136 Å². The summed E-state index contributed by atoms with van der Waals surface area (Å²) in [5.74, 6) is 6.09. The Morgan fingerprint density at radius 1 is 0.548 bits per heavy atom. The molecule has 0 radical (unpaired) electrons. The highest BCUT2D eigenvalue weighted by Crippen LogP contribution is 2.37. The Bertz CT molecular complexity index is 3920. The molecular formula is C68H77BBr3N3O13S5. The van der Waals surface area contributed by atoms with Gasteiger partial charge in [-0.3, -0.25) is 0 Å². The van der Waals surface area contributed by atoms with Gasteiger partial charge in [0.1, 0.15) is 5.75 Å². The van der Waals surface area contributed by atoms with E-state index < -0.39 is 53.1 Å². The van der Waals surface area contributed by atoms with E-state index in [1.54, 1.807) is 91.0 Å². The maximum atomic E-state index is 12.8. The molecule has 5 fully saturated rings. The number of hydrogen-bond donors (Lipinski definition) is 3. The van der Waals surface area contributed by atoms with Crippen LogP contribution in [0.1, 0.15) is 90.3 Å². The van der Waals surface area contributed by atoms with Gasteiger partial charge in [-0.2, -0.15) is 0 Å². The first-order chi connectivity index (χ1) is 44.3. The van der Waals surface area contributed by atoms with Crippen LogP contribution in [-0.2, 0) is 57.8 Å². The first-order valence-corrected chi connectivity index (χ1v) is 38.8. The highest BCUT2D eigenvalue weighted by Gasteiger charge is 2.51. The molecule has 0 saturated carbocycles. The van der Waals surface area contributed by atoms with E-state index in [0.717, 1.165) is 42.2 Å². The second kappa shape index (κ2) is 34.5. The first-order valence-electron chi connectivity index (χ1n) is 30.5. The third kappa shape index (κ3) is 21.4. The standard InChI is InChI=1S/C23H21N3O4S.C17H25BO5S.C11H13BrO3S.C11H13BrOS.C6H5BrS/c24-23-21(9-4-16-2-1-3-18(27)14-16)26-22(15-25-23)17-5-7-19(8-6-17)31(28,29)20-10-12-30-13-11-20;1-16(2)17(3,4)23-18(22-16)13-5-7-14(8-6-13)24(19,20)15-9-11-21-12-10-15;12-9-1-3-10(4-2-9)16(13,14)11-5-7-15-8-6-11;12-9-1-3-10(4-2-9)14-11-5-7-13-8-6-11;7-5-1-3-6(8)4-2-5/h1-3,5-8,14-15,20,27H,10-13H2,(H2,24,25);5-8,15H,9-12H2,1-4H3;1-4,11H,5-8H2;1-4,11H,5-8H2;1-4,8H. The van der Waals surface area contributed by atoms with Gasteiger partial charge in [0, 0.05) is 92.4 Å². The van der Waals surface area contributed by atoms with Crippen molar-refractivity contribution in [3.63, 3.8) is 0 Å². The number of phenolic OH excluding ortho intramolecular Hbond substituents is 1. The molecule has 496 valence electrons. The van der Waals surface area contributed by atoms with E-state index in [-0.39, 0.29) is 27.0 Å². The molecule has 6 heterocycles. The second-order valence-electron chi connectivity index (χ2n) is 23.4. The van der Waals surface area contributed by atoms with Crippen LogP contribution < -0.4 is 11.2 Å². The number of hydrogen-bond acceptors (Lipinski definition) is 18. The van der Waals surface area contributed by atoms with Crippen molar-refractivity contribution in [3.05, 3.63) is 176 Å². The van der Waals surface area contributed by atoms with Crippen molar-refractivity contribution in [1.82, 2.24) is 9.97 Å². The molecule has 7 aromatic rings. The van der Waals surface area contributed by atoms with Crippen molar-refractivity contribution in [2.75, 3.05) is 58.6 Å². The van der Waals surface area contributed by atoms with Crippen LogP contribution in [0.5, 0.6) is 5.75 Å². The molecule has 0 bridgehead atoms. The zero-order chi connectivity index (χ0) is 66.8. The van der Waals surface area contributed by atoms with Crippen LogP contribution in [0.2, 0.25) is 0 Å². The number of ether oxygens (including phenoxy) is 4. The fraction of sp³-hybridized carbons (Fsp3) is 0.382. The molecule has 5 aliphatic heterocycles. The fourth-order valence-corrected chi connectivity index (χ4v) is 17.2. The van der Waals surface area contributed by atoms with Crippen LogP contribution in [0, 0.1) is 11.8 Å². The van der Waals surface area contributed by atoms with Gasteiger partial charge in [-0.25, -0.2) is 35.2 Å². The number of aromatic nitrogens is 2. The summed E-state index contributed by atoms with van der Waals surface area (Å²) in [6.07, 6.45) is 7.21. The number of sulfone groups is 3.